The third kappa shape index (κ3) is 4.71. The number of nitrogens with one attached hydrogen (secondary N) is 1. The molecule has 0 radical (unpaired) electrons. The number of carboxylic acids is 1. The molecule has 0 spiro atoms. The summed E-state index contributed by atoms with van der Waals surface area (Å²) in [5.41, 5.74) is 4.82. The summed E-state index contributed by atoms with van der Waals surface area (Å²) in [6, 6.07) is 0. The van der Waals surface area contributed by atoms with Crippen LogP contribution in [0.3, 0.4) is 0 Å². The van der Waals surface area contributed by atoms with Crippen LogP contribution in [0.2, 0.25) is 0 Å². The second-order valence-electron chi connectivity index (χ2n) is 6.16. The van der Waals surface area contributed by atoms with Gasteiger partial charge in [-0.2, -0.15) is 0 Å². The minimum absolute atomic E-state index is 0.0502. The maximum Gasteiger partial charge on any atom is 0.305 e. The topological polar surface area (TPSA) is 99.0 Å². The van der Waals surface area contributed by atoms with E-state index in [0.29, 0.717) is 19.3 Å². The number of rotatable bonds is 8. The van der Waals surface area contributed by atoms with E-state index in [2.05, 4.69) is 24.2 Å². The molecule has 6 heteroatoms. The third-order valence-corrected chi connectivity index (χ3v) is 4.40. The van der Waals surface area contributed by atoms with Crippen molar-refractivity contribution < 1.29 is 25.0 Å². The number of hydrogen-bond acceptors (Lipinski definition) is 5. The predicted molar refractivity (Wildman–Crippen MR) is 83.9 cm³/mol. The minimum Gasteiger partial charge on any atom is -0.481 e. The molecule has 0 heterocycles. The van der Waals surface area contributed by atoms with Crippen LogP contribution >= 0.6 is 0 Å². The summed E-state index contributed by atoms with van der Waals surface area (Å²) in [6.07, 6.45) is 2.83. The molecule has 0 aromatic rings. The van der Waals surface area contributed by atoms with E-state index in [4.69, 9.17) is 9.94 Å². The van der Waals surface area contributed by atoms with Crippen molar-refractivity contribution in [3.63, 3.8) is 0 Å². The Hall–Kier alpha value is -1.55. The van der Waals surface area contributed by atoms with Crippen LogP contribution in [0.5, 0.6) is 0 Å². The van der Waals surface area contributed by atoms with E-state index in [9.17, 15) is 15.0 Å². The molecule has 128 valence electrons. The van der Waals surface area contributed by atoms with Crippen molar-refractivity contribution in [1.82, 2.24) is 5.48 Å². The van der Waals surface area contributed by atoms with E-state index in [1.165, 1.54) is 0 Å². The molecule has 4 atom stereocenters. The molecule has 4 unspecified atom stereocenters. The summed E-state index contributed by atoms with van der Waals surface area (Å²) in [5, 5.41) is 28.6. The van der Waals surface area contributed by atoms with Crippen LogP contribution in [0.25, 0.3) is 0 Å². The average molecular weight is 323 g/mol. The first kappa shape index (κ1) is 17.8. The molecule has 2 aliphatic carbocycles. The van der Waals surface area contributed by atoms with Gasteiger partial charge in [-0.3, -0.25) is 15.1 Å². The Morgan fingerprint density at radius 2 is 2.26 bits per heavy atom. The van der Waals surface area contributed by atoms with Crippen LogP contribution in [0.15, 0.2) is 11.3 Å². The van der Waals surface area contributed by atoms with Crippen LogP contribution < -0.4 is 5.48 Å². The summed E-state index contributed by atoms with van der Waals surface area (Å²) >= 11 is 0. The zero-order chi connectivity index (χ0) is 16.8. The lowest BCUT2D eigenvalue weighted by atomic mass is 9.83. The minimum atomic E-state index is -0.899. The van der Waals surface area contributed by atoms with Crippen LogP contribution in [-0.2, 0) is 9.63 Å². The van der Waals surface area contributed by atoms with Gasteiger partial charge >= 0.3 is 5.97 Å². The normalized spacial score (nSPS) is 26.8. The molecule has 6 nitrogen and oxygen atoms in total. The van der Waals surface area contributed by atoms with Crippen molar-refractivity contribution >= 4 is 5.97 Å². The Bertz CT molecular complexity index is 519. The first-order chi connectivity index (χ1) is 11.0. The fourth-order valence-electron chi connectivity index (χ4n) is 3.00. The van der Waals surface area contributed by atoms with Gasteiger partial charge in [0.25, 0.3) is 0 Å². The molecule has 0 amide bonds. The molecule has 0 saturated heterocycles. The number of hydroxylamine groups is 1. The highest BCUT2D eigenvalue weighted by molar-refractivity contribution is 5.66. The van der Waals surface area contributed by atoms with Crippen LogP contribution in [0.4, 0.5) is 0 Å². The zero-order valence-electron chi connectivity index (χ0n) is 13.4. The quantitative estimate of drug-likeness (QED) is 0.304. The lowest BCUT2D eigenvalue weighted by Gasteiger charge is -2.30. The molecule has 2 rings (SSSR count). The van der Waals surface area contributed by atoms with Gasteiger partial charge in [-0.15, -0.1) is 0 Å². The maximum absolute atomic E-state index is 10.4. The number of aliphatic carboxylic acids is 1. The van der Waals surface area contributed by atoms with Crippen molar-refractivity contribution in [2.45, 2.75) is 57.7 Å². The summed E-state index contributed by atoms with van der Waals surface area (Å²) in [7, 11) is 0. The van der Waals surface area contributed by atoms with Gasteiger partial charge in [-0.25, -0.2) is 0 Å². The second-order valence-corrected chi connectivity index (χ2v) is 6.16. The van der Waals surface area contributed by atoms with E-state index >= 15 is 0 Å². The number of aliphatic hydroxyl groups is 2. The molecule has 0 aliphatic heterocycles. The maximum atomic E-state index is 10.4. The summed E-state index contributed by atoms with van der Waals surface area (Å²) in [4.78, 5) is 15.5. The smallest absolute Gasteiger partial charge is 0.305 e. The summed E-state index contributed by atoms with van der Waals surface area (Å²) < 4.78 is 0. The molecular weight excluding hydrogens is 298 g/mol. The lowest BCUT2D eigenvalue weighted by Crippen LogP contribution is -2.32. The molecule has 1 saturated carbocycles. The van der Waals surface area contributed by atoms with E-state index in [0.717, 1.165) is 24.1 Å². The molecule has 0 aromatic carbocycles. The first-order valence-electron chi connectivity index (χ1n) is 8.21. The molecule has 4 N–H and O–H groups in total. The van der Waals surface area contributed by atoms with E-state index in [1.54, 1.807) is 0 Å². The third-order valence-electron chi connectivity index (χ3n) is 4.40. The van der Waals surface area contributed by atoms with Gasteiger partial charge in [-0.05, 0) is 24.8 Å². The van der Waals surface area contributed by atoms with Gasteiger partial charge in [0.2, 0.25) is 0 Å². The SMILES string of the molecule is CCCCC(O)C#CC1CC2=C(NOCCC(=O)O)CC2C1O. The molecule has 23 heavy (non-hydrogen) atoms. The Kier molecular flexibility index (Phi) is 6.46. The number of fused-ring (bicyclic) bond motifs is 1. The van der Waals surface area contributed by atoms with Gasteiger partial charge in [0, 0.05) is 11.6 Å². The fraction of sp³-hybridized carbons (Fsp3) is 0.706. The number of carbonyl (C=O) groups is 1. The number of allylic oxidation sites excluding steroid dienone is 1. The predicted octanol–water partition coefficient (Wildman–Crippen LogP) is 1.19. The Morgan fingerprint density at radius 3 is 2.96 bits per heavy atom. The number of unbranched alkanes of at least 4 members (excludes halogenated alkanes) is 1. The van der Waals surface area contributed by atoms with Gasteiger partial charge in [-0.1, -0.05) is 31.6 Å². The van der Waals surface area contributed by atoms with Crippen molar-refractivity contribution in [2.75, 3.05) is 6.61 Å². The van der Waals surface area contributed by atoms with E-state index in [1.807, 2.05) is 0 Å². The highest BCUT2D eigenvalue weighted by Gasteiger charge is 2.45. The number of carboxylic acid groups (broad SMARTS) is 1. The summed E-state index contributed by atoms with van der Waals surface area (Å²) in [6.45, 7) is 2.17. The molecule has 0 bridgehead atoms. The van der Waals surface area contributed by atoms with E-state index < -0.39 is 18.2 Å². The highest BCUT2D eigenvalue weighted by atomic mass is 16.6. The Morgan fingerprint density at radius 1 is 1.48 bits per heavy atom. The van der Waals surface area contributed by atoms with Crippen molar-refractivity contribution in [3.05, 3.63) is 11.3 Å². The molecule has 2 aliphatic rings. The Labute approximate surface area is 136 Å². The number of aliphatic hydroxyl groups excluding tert-OH is 2. The van der Waals surface area contributed by atoms with Crippen LogP contribution in [-0.4, -0.2) is 40.1 Å². The lowest BCUT2D eigenvalue weighted by molar-refractivity contribution is -0.138. The Balaban J connectivity index is 1.82. The van der Waals surface area contributed by atoms with Crippen molar-refractivity contribution in [2.24, 2.45) is 11.8 Å². The van der Waals surface area contributed by atoms with Crippen LogP contribution in [0, 0.1) is 23.7 Å². The fourth-order valence-corrected chi connectivity index (χ4v) is 3.00. The highest BCUT2D eigenvalue weighted by Crippen LogP contribution is 2.48. The first-order valence-corrected chi connectivity index (χ1v) is 8.21. The largest absolute Gasteiger partial charge is 0.481 e. The van der Waals surface area contributed by atoms with Gasteiger partial charge < -0.3 is 15.3 Å². The van der Waals surface area contributed by atoms with Crippen molar-refractivity contribution in [1.29, 1.82) is 0 Å². The standard InChI is InChI=1S/C17H25NO5/c1-2-3-4-12(19)6-5-11-9-13-14(17(11)22)10-15(13)18-23-8-7-16(20)21/h11-12,14,17-19,22H,2-4,7-10H2,1H3,(H,20,21). The van der Waals surface area contributed by atoms with Gasteiger partial charge in [0.1, 0.15) is 6.10 Å². The average Bonchev–Trinajstić information content (AvgIpc) is 2.74. The molecule has 0 aromatic heterocycles. The molecular formula is C17H25NO5. The second kappa shape index (κ2) is 8.34. The molecule has 1 fully saturated rings. The summed E-state index contributed by atoms with van der Waals surface area (Å²) in [5.74, 6) is 4.91. The number of hydrogen-bond donors (Lipinski definition) is 4. The van der Waals surface area contributed by atoms with Gasteiger partial charge in [0.15, 0.2) is 0 Å². The van der Waals surface area contributed by atoms with Crippen molar-refractivity contribution in [3.8, 4) is 11.8 Å². The zero-order valence-corrected chi connectivity index (χ0v) is 13.4. The van der Waals surface area contributed by atoms with E-state index in [-0.39, 0.29) is 24.9 Å². The van der Waals surface area contributed by atoms with Crippen LogP contribution in [0.1, 0.15) is 45.4 Å². The van der Waals surface area contributed by atoms with Gasteiger partial charge in [0.05, 0.1) is 25.0 Å². The monoisotopic (exact) mass is 323 g/mol.